The molecule has 3 aliphatic rings. The Bertz CT molecular complexity index is 2090. The highest BCUT2D eigenvalue weighted by Gasteiger charge is 2.50. The summed E-state index contributed by atoms with van der Waals surface area (Å²) in [5, 5.41) is 55.2. The summed E-state index contributed by atoms with van der Waals surface area (Å²) >= 11 is 0. The van der Waals surface area contributed by atoms with Gasteiger partial charge in [-0.1, -0.05) is 78.9 Å². The van der Waals surface area contributed by atoms with Crippen molar-refractivity contribution in [3.8, 4) is 34.5 Å². The summed E-state index contributed by atoms with van der Waals surface area (Å²) in [5.41, 5.74) is 11.0. The van der Waals surface area contributed by atoms with Crippen LogP contribution >= 0.6 is 0 Å². The van der Waals surface area contributed by atoms with Crippen LogP contribution in [0, 0.1) is 17.8 Å². The normalized spacial score (nSPS) is 20.7. The van der Waals surface area contributed by atoms with E-state index in [9.17, 15) is 30.3 Å². The highest BCUT2D eigenvalue weighted by Crippen LogP contribution is 2.62. The Balaban J connectivity index is 1.26. The number of ether oxygens (including phenoxy) is 2. The lowest BCUT2D eigenvalue weighted by atomic mass is 9.65. The molecule has 0 radical (unpaired) electrons. The van der Waals surface area contributed by atoms with E-state index in [0.717, 1.165) is 35.1 Å². The maximum atomic E-state index is 13.7. The number of Topliss-reactive ketones (excluding diaryl/α,β-unsaturated/α-hetero) is 1. The molecule has 0 aromatic heterocycles. The Morgan fingerprint density at radius 3 is 2.11 bits per heavy atom. The Morgan fingerprint density at radius 1 is 0.727 bits per heavy atom. The molecule has 0 saturated heterocycles. The number of nitrogens with two attached hydrogens (primary N) is 1. The number of rotatable bonds is 15. The Hall–Kier alpha value is -5.51. The van der Waals surface area contributed by atoms with Crippen molar-refractivity contribution in [2.24, 2.45) is 23.5 Å². The maximum absolute atomic E-state index is 13.7. The average molecular weight is 744 g/mol. The van der Waals surface area contributed by atoms with Crippen LogP contribution < -0.4 is 15.2 Å². The second-order valence-corrected chi connectivity index (χ2v) is 15.1. The second-order valence-electron chi connectivity index (χ2n) is 15.1. The number of aromatic hydroxyl groups is 4. The topological polar surface area (TPSA) is 163 Å². The molecule has 5 aromatic rings. The molecule has 0 aliphatic heterocycles. The summed E-state index contributed by atoms with van der Waals surface area (Å²) < 4.78 is 11.7. The molecule has 1 fully saturated rings. The van der Waals surface area contributed by atoms with Crippen molar-refractivity contribution in [2.75, 3.05) is 6.73 Å². The number of hydrogen-bond acceptors (Lipinski definition) is 9. The van der Waals surface area contributed by atoms with Crippen LogP contribution in [-0.2, 0) is 30.7 Å². The number of aliphatic hydroxyl groups is 1. The summed E-state index contributed by atoms with van der Waals surface area (Å²) in [5.74, 6) is -0.733. The fourth-order valence-electron chi connectivity index (χ4n) is 9.14. The van der Waals surface area contributed by atoms with Gasteiger partial charge < -0.3 is 35.0 Å². The van der Waals surface area contributed by atoms with Gasteiger partial charge in [0.25, 0.3) is 0 Å². The van der Waals surface area contributed by atoms with E-state index in [4.69, 9.17) is 15.2 Å². The lowest BCUT2D eigenvalue weighted by Gasteiger charge is -2.40. The fourth-order valence-corrected chi connectivity index (χ4v) is 9.14. The van der Waals surface area contributed by atoms with Crippen LogP contribution in [-0.4, -0.2) is 44.2 Å². The number of aryl methyl sites for hydroxylation is 1. The van der Waals surface area contributed by atoms with Crippen molar-refractivity contribution in [3.63, 3.8) is 0 Å². The molecule has 3 aliphatic carbocycles. The van der Waals surface area contributed by atoms with E-state index < -0.39 is 6.10 Å². The Morgan fingerprint density at radius 2 is 1.42 bits per heavy atom. The van der Waals surface area contributed by atoms with E-state index in [1.165, 1.54) is 11.6 Å². The van der Waals surface area contributed by atoms with Crippen LogP contribution in [0.2, 0.25) is 0 Å². The summed E-state index contributed by atoms with van der Waals surface area (Å²) in [6, 6.07) is 33.9. The van der Waals surface area contributed by atoms with E-state index >= 15 is 0 Å². The number of fused-ring (bicyclic) bond motifs is 3. The molecule has 0 heterocycles. The first kappa shape index (κ1) is 37.8. The third-order valence-corrected chi connectivity index (χ3v) is 11.6. The van der Waals surface area contributed by atoms with Crippen LogP contribution in [0.25, 0.3) is 0 Å². The number of hydrogen-bond donors (Lipinski definition) is 6. The minimum atomic E-state index is -0.970. The summed E-state index contributed by atoms with van der Waals surface area (Å²) in [4.78, 5) is 13.7. The monoisotopic (exact) mass is 743 g/mol. The zero-order chi connectivity index (χ0) is 38.5. The van der Waals surface area contributed by atoms with E-state index in [-0.39, 0.29) is 96.0 Å². The molecule has 0 amide bonds. The van der Waals surface area contributed by atoms with Crippen LogP contribution in [0.1, 0.15) is 70.9 Å². The molecular weight excluding hydrogens is 695 g/mol. The van der Waals surface area contributed by atoms with E-state index in [0.29, 0.717) is 24.8 Å². The fraction of sp³-hybridized carbons (Fsp3) is 0.326. The largest absolute Gasteiger partial charge is 0.508 e. The molecular formula is C46H49NO8. The highest BCUT2D eigenvalue weighted by atomic mass is 16.5. The van der Waals surface area contributed by atoms with Gasteiger partial charge in [-0.15, -0.1) is 0 Å². The van der Waals surface area contributed by atoms with Gasteiger partial charge in [0.1, 0.15) is 24.9 Å². The van der Waals surface area contributed by atoms with Gasteiger partial charge in [-0.05, 0) is 120 Å². The number of phenolic OH excluding ortho intramolecular Hbond substituents is 4. The molecule has 0 spiro atoms. The number of aliphatic hydroxyl groups excluding tert-OH is 1. The van der Waals surface area contributed by atoms with Crippen LogP contribution in [0.4, 0.5) is 0 Å². The molecule has 7 N–H and O–H groups in total. The third-order valence-electron chi connectivity index (χ3n) is 11.6. The standard InChI is InChI=1S/C46H49NO8/c47-27-55-42-21-30(15-17-39(42)50)14-16-35(49)24-40(51)37-22-32(18-28-8-3-1-4-9-28)36-23-33(19-29-10-5-2-6-11-29)43(37)38-25-41(52)45(53)46(44(36)38)54-26-31-12-7-13-34(48)20-31/h1-13,15,17,20-21,25,32-33,36-37,40,43,48,50-53H,14,16,18-19,22-24,26-27,47H2. The number of carbonyl (C=O) groups is 1. The van der Waals surface area contributed by atoms with Gasteiger partial charge in [-0.3, -0.25) is 10.5 Å². The minimum Gasteiger partial charge on any atom is -0.508 e. The molecule has 6 atom stereocenters. The number of benzene rings is 5. The molecule has 1 saturated carbocycles. The molecule has 5 aromatic carbocycles. The van der Waals surface area contributed by atoms with Gasteiger partial charge in [0.05, 0.1) is 6.10 Å². The van der Waals surface area contributed by atoms with Crippen molar-refractivity contribution in [3.05, 3.63) is 143 Å². The first-order valence-electron chi connectivity index (χ1n) is 19.1. The molecule has 9 nitrogen and oxygen atoms in total. The third kappa shape index (κ3) is 8.58. The maximum Gasteiger partial charge on any atom is 0.200 e. The summed E-state index contributed by atoms with van der Waals surface area (Å²) in [7, 11) is 0. The van der Waals surface area contributed by atoms with Gasteiger partial charge in [0.2, 0.25) is 5.75 Å². The van der Waals surface area contributed by atoms with Crippen molar-refractivity contribution < 1.29 is 39.8 Å². The Labute approximate surface area is 321 Å². The highest BCUT2D eigenvalue weighted by molar-refractivity contribution is 5.79. The quantitative estimate of drug-likeness (QED) is 0.0467. The first-order valence-corrected chi connectivity index (χ1v) is 19.1. The van der Waals surface area contributed by atoms with Crippen LogP contribution in [0.15, 0.2) is 109 Å². The van der Waals surface area contributed by atoms with Crippen molar-refractivity contribution in [2.45, 2.75) is 69.5 Å². The molecule has 2 bridgehead atoms. The van der Waals surface area contributed by atoms with Gasteiger partial charge in [-0.2, -0.15) is 0 Å². The predicted molar refractivity (Wildman–Crippen MR) is 209 cm³/mol. The SMILES string of the molecule is NCOc1cc(CCC(=O)CC(O)C2CC(Cc3ccccc3)C3CC(Cc4ccccc4)C2c2cc(O)c(O)c(OCc4cccc(O)c4)c23)ccc1O. The van der Waals surface area contributed by atoms with Gasteiger partial charge >= 0.3 is 0 Å². The van der Waals surface area contributed by atoms with E-state index in [1.807, 2.05) is 42.5 Å². The van der Waals surface area contributed by atoms with E-state index in [1.54, 1.807) is 36.4 Å². The molecule has 55 heavy (non-hydrogen) atoms. The minimum absolute atomic E-state index is 0.0201. The average Bonchev–Trinajstić information content (AvgIpc) is 3.40. The summed E-state index contributed by atoms with van der Waals surface area (Å²) in [6.45, 7) is -0.0265. The lowest BCUT2D eigenvalue weighted by Crippen LogP contribution is -2.34. The number of carbonyl (C=O) groups excluding carboxylic acids is 1. The zero-order valence-electron chi connectivity index (χ0n) is 30.8. The molecule has 8 rings (SSSR count). The van der Waals surface area contributed by atoms with Gasteiger partial charge in [-0.25, -0.2) is 0 Å². The van der Waals surface area contributed by atoms with Crippen LogP contribution in [0.5, 0.6) is 34.5 Å². The Kier molecular flexibility index (Phi) is 11.6. The molecule has 9 heteroatoms. The number of phenols is 4. The number of ketones is 1. The molecule has 6 unspecified atom stereocenters. The summed E-state index contributed by atoms with van der Waals surface area (Å²) in [6.07, 6.45) is 2.45. The predicted octanol–water partition coefficient (Wildman–Crippen LogP) is 7.64. The lowest BCUT2D eigenvalue weighted by molar-refractivity contribution is -0.122. The van der Waals surface area contributed by atoms with Crippen molar-refractivity contribution >= 4 is 5.78 Å². The van der Waals surface area contributed by atoms with Gasteiger partial charge in [0.15, 0.2) is 23.0 Å². The smallest absolute Gasteiger partial charge is 0.200 e. The van der Waals surface area contributed by atoms with E-state index in [2.05, 4.69) is 24.3 Å². The molecule has 286 valence electrons. The first-order chi connectivity index (χ1) is 26.7. The second kappa shape index (κ2) is 16.9. The van der Waals surface area contributed by atoms with Gasteiger partial charge in [0, 0.05) is 18.4 Å². The van der Waals surface area contributed by atoms with Crippen molar-refractivity contribution in [1.82, 2.24) is 0 Å². The zero-order valence-corrected chi connectivity index (χ0v) is 30.8. The van der Waals surface area contributed by atoms with Crippen molar-refractivity contribution in [1.29, 1.82) is 0 Å². The van der Waals surface area contributed by atoms with Crippen LogP contribution in [0.3, 0.4) is 0 Å².